The van der Waals surface area contributed by atoms with Crippen LogP contribution in [0.25, 0.3) is 0 Å². The van der Waals surface area contributed by atoms with E-state index in [-0.39, 0.29) is 40.2 Å². The summed E-state index contributed by atoms with van der Waals surface area (Å²) in [5.74, 6) is -5.12. The van der Waals surface area contributed by atoms with Gasteiger partial charge in [-0.1, -0.05) is 38.4 Å². The van der Waals surface area contributed by atoms with Crippen LogP contribution in [-0.4, -0.2) is 53.4 Å². The number of carbonyl (C=O) groups is 2. The van der Waals surface area contributed by atoms with Crippen molar-refractivity contribution in [2.24, 2.45) is 5.41 Å². The molecule has 5 atom stereocenters. The monoisotopic (exact) mass is 553 g/mol. The van der Waals surface area contributed by atoms with Crippen LogP contribution in [0.1, 0.15) is 50.7 Å². The second-order valence-electron chi connectivity index (χ2n) is 11.2. The molecule has 0 aliphatic carbocycles. The fourth-order valence-electron chi connectivity index (χ4n) is 5.70. The summed E-state index contributed by atoms with van der Waals surface area (Å²) in [6, 6.07) is 3.86. The number of aliphatic hydroxyl groups is 2. The molecule has 1 spiro atoms. The van der Waals surface area contributed by atoms with Gasteiger partial charge in [-0.15, -0.1) is 0 Å². The van der Waals surface area contributed by atoms with E-state index in [0.717, 1.165) is 18.2 Å². The molecule has 2 aromatic carbocycles. The third kappa shape index (κ3) is 5.02. The van der Waals surface area contributed by atoms with Gasteiger partial charge in [0.05, 0.1) is 23.8 Å². The van der Waals surface area contributed by atoms with Gasteiger partial charge in [0.1, 0.15) is 11.2 Å². The average Bonchev–Trinajstić information content (AvgIpc) is 3.30. The van der Waals surface area contributed by atoms with Gasteiger partial charge in [-0.25, -0.2) is 13.2 Å². The first-order valence-corrected chi connectivity index (χ1v) is 12.8. The van der Waals surface area contributed by atoms with Crippen molar-refractivity contribution in [2.75, 3.05) is 18.5 Å². The summed E-state index contributed by atoms with van der Waals surface area (Å²) in [7, 11) is 0. The van der Waals surface area contributed by atoms with Gasteiger partial charge < -0.3 is 26.2 Å². The van der Waals surface area contributed by atoms with Crippen molar-refractivity contribution < 1.29 is 33.0 Å². The molecule has 5 N–H and O–H groups in total. The van der Waals surface area contributed by atoms with Gasteiger partial charge in [0.25, 0.3) is 0 Å². The maximum absolute atomic E-state index is 14.9. The lowest BCUT2D eigenvalue weighted by Gasteiger charge is -2.37. The zero-order valence-corrected chi connectivity index (χ0v) is 22.0. The number of aliphatic hydroxyl groups excluding tert-OH is 2. The van der Waals surface area contributed by atoms with Gasteiger partial charge >= 0.3 is 0 Å². The molecule has 0 radical (unpaired) electrons. The molecule has 7 nitrogen and oxygen atoms in total. The van der Waals surface area contributed by atoms with Crippen molar-refractivity contribution in [3.05, 3.63) is 63.9 Å². The minimum atomic E-state index is -1.56. The molecule has 206 valence electrons. The highest BCUT2D eigenvalue weighted by Crippen LogP contribution is 2.57. The van der Waals surface area contributed by atoms with Crippen LogP contribution in [0.3, 0.4) is 0 Å². The lowest BCUT2D eigenvalue weighted by Crippen LogP contribution is -2.49. The number of amides is 2. The molecule has 0 bridgehead atoms. The molecule has 0 unspecified atom stereocenters. The summed E-state index contributed by atoms with van der Waals surface area (Å²) in [6.07, 6.45) is -0.583. The summed E-state index contributed by atoms with van der Waals surface area (Å²) < 4.78 is 43.3. The predicted octanol–water partition coefficient (Wildman–Crippen LogP) is 3.37. The first-order chi connectivity index (χ1) is 17.8. The van der Waals surface area contributed by atoms with Gasteiger partial charge in [0.2, 0.25) is 11.8 Å². The van der Waals surface area contributed by atoms with Crippen LogP contribution in [0.2, 0.25) is 5.02 Å². The Morgan fingerprint density at radius 3 is 2.50 bits per heavy atom. The Morgan fingerprint density at radius 2 is 1.87 bits per heavy atom. The Kier molecular flexibility index (Phi) is 7.82. The van der Waals surface area contributed by atoms with Gasteiger partial charge in [0, 0.05) is 24.2 Å². The van der Waals surface area contributed by atoms with Crippen LogP contribution in [0.5, 0.6) is 0 Å². The lowest BCUT2D eigenvalue weighted by atomic mass is 9.62. The van der Waals surface area contributed by atoms with Crippen LogP contribution in [-0.2, 0) is 15.0 Å². The number of carbonyl (C=O) groups excluding carboxylic acids is 2. The van der Waals surface area contributed by atoms with E-state index in [1.54, 1.807) is 0 Å². The van der Waals surface area contributed by atoms with Crippen LogP contribution in [0, 0.1) is 22.9 Å². The van der Waals surface area contributed by atoms with E-state index in [4.69, 9.17) is 16.7 Å². The minimum Gasteiger partial charge on any atom is -0.394 e. The van der Waals surface area contributed by atoms with E-state index < -0.39 is 65.4 Å². The molecule has 11 heteroatoms. The maximum Gasteiger partial charge on any atom is 0.237 e. The van der Waals surface area contributed by atoms with Crippen molar-refractivity contribution in [3.63, 3.8) is 0 Å². The van der Waals surface area contributed by atoms with Crippen molar-refractivity contribution in [1.29, 1.82) is 0 Å². The number of benzene rings is 2. The first kappa shape index (κ1) is 28.4. The Bertz CT molecular complexity index is 1250. The summed E-state index contributed by atoms with van der Waals surface area (Å²) in [5.41, 5.74) is -1.19. The highest BCUT2D eigenvalue weighted by atomic mass is 35.5. The highest BCUT2D eigenvalue weighted by molar-refractivity contribution is 6.31. The molecular formula is C27H31ClF3N3O4. The van der Waals surface area contributed by atoms with Crippen LogP contribution in [0.15, 0.2) is 30.3 Å². The van der Waals surface area contributed by atoms with Crippen LogP contribution >= 0.6 is 11.6 Å². The molecule has 2 aliphatic rings. The highest BCUT2D eigenvalue weighted by Gasteiger charge is 2.66. The Balaban J connectivity index is 1.90. The smallest absolute Gasteiger partial charge is 0.237 e. The largest absolute Gasteiger partial charge is 0.394 e. The van der Waals surface area contributed by atoms with Crippen molar-refractivity contribution in [2.45, 2.75) is 63.1 Å². The molecule has 2 aliphatic heterocycles. The topological polar surface area (TPSA) is 111 Å². The quantitative estimate of drug-likeness (QED) is 0.361. The zero-order valence-electron chi connectivity index (χ0n) is 21.2. The number of anilines is 1. The fraction of sp³-hybridized carbons (Fsp3) is 0.481. The van der Waals surface area contributed by atoms with Gasteiger partial charge in [-0.05, 0) is 53.6 Å². The molecule has 4 rings (SSSR count). The second kappa shape index (κ2) is 10.5. The van der Waals surface area contributed by atoms with Crippen molar-refractivity contribution >= 4 is 29.1 Å². The first-order valence-electron chi connectivity index (χ1n) is 12.4. The third-order valence-corrected chi connectivity index (χ3v) is 7.56. The van der Waals surface area contributed by atoms with Crippen LogP contribution in [0.4, 0.5) is 18.9 Å². The zero-order chi connectivity index (χ0) is 28.0. The normalized spacial score (nSPS) is 25.4. The standard InChI is InChI=1S/C27H31ClF3N3O4/c1-26(2,3)11-21-27(15-9-18(30)16(28)10-20(15)33-25(27)38)22(13-4-5-17(29)19(31)8-13)23(34-21)24(37)32-7-6-14(36)12-35/h4-5,8-10,14,21-23,34-36H,6-7,11-12H2,1-3H3,(H,32,37)(H,33,38)/t14-,21+,22-,23+,27-/m0/s1. The second-order valence-corrected chi connectivity index (χ2v) is 11.6. The number of nitrogens with one attached hydrogen (secondary N) is 3. The van der Waals surface area contributed by atoms with E-state index in [9.17, 15) is 27.9 Å². The summed E-state index contributed by atoms with van der Waals surface area (Å²) in [5, 5.41) is 27.3. The molecule has 2 aromatic rings. The van der Waals surface area contributed by atoms with E-state index in [1.165, 1.54) is 12.1 Å². The molecule has 38 heavy (non-hydrogen) atoms. The SMILES string of the molecule is CC(C)(C)C[C@H]1N[C@@H](C(=O)NCC[C@H](O)CO)[C@H](c2ccc(F)c(F)c2)[C@@]12C(=O)Nc1cc(Cl)c(F)cc12. The fourth-order valence-corrected chi connectivity index (χ4v) is 5.87. The molecule has 0 saturated carbocycles. The molecule has 2 amide bonds. The average molecular weight is 554 g/mol. The number of rotatable bonds is 7. The van der Waals surface area contributed by atoms with E-state index >= 15 is 0 Å². The van der Waals surface area contributed by atoms with Crippen molar-refractivity contribution in [3.8, 4) is 0 Å². The van der Waals surface area contributed by atoms with Gasteiger partial charge in [-0.2, -0.15) is 0 Å². The van der Waals surface area contributed by atoms with Gasteiger partial charge in [0.15, 0.2) is 11.6 Å². The van der Waals surface area contributed by atoms with E-state index in [1.807, 2.05) is 20.8 Å². The molecule has 2 heterocycles. The number of hydrogen-bond donors (Lipinski definition) is 5. The third-order valence-electron chi connectivity index (χ3n) is 7.27. The maximum atomic E-state index is 14.9. The molecule has 1 saturated heterocycles. The number of fused-ring (bicyclic) bond motifs is 2. The van der Waals surface area contributed by atoms with Crippen LogP contribution < -0.4 is 16.0 Å². The predicted molar refractivity (Wildman–Crippen MR) is 136 cm³/mol. The minimum absolute atomic E-state index is 0.0210. The number of halogens is 4. The number of hydrogen-bond acceptors (Lipinski definition) is 5. The molecule has 1 fully saturated rings. The summed E-state index contributed by atoms with van der Waals surface area (Å²) in [4.78, 5) is 27.5. The van der Waals surface area contributed by atoms with Crippen molar-refractivity contribution in [1.82, 2.24) is 10.6 Å². The lowest BCUT2D eigenvalue weighted by molar-refractivity contribution is -0.124. The Labute approximate surface area is 223 Å². The molecule has 0 aromatic heterocycles. The van der Waals surface area contributed by atoms with E-state index in [0.29, 0.717) is 6.42 Å². The molecular weight excluding hydrogens is 523 g/mol. The summed E-state index contributed by atoms with van der Waals surface area (Å²) >= 11 is 6.01. The Hall–Kier alpha value is -2.66. The summed E-state index contributed by atoms with van der Waals surface area (Å²) in [6.45, 7) is 5.41. The van der Waals surface area contributed by atoms with Gasteiger partial charge in [-0.3, -0.25) is 9.59 Å². The Morgan fingerprint density at radius 1 is 1.16 bits per heavy atom. The van der Waals surface area contributed by atoms with E-state index in [2.05, 4.69) is 16.0 Å².